The highest BCUT2D eigenvalue weighted by molar-refractivity contribution is 5.76. The Morgan fingerprint density at radius 3 is 2.44 bits per heavy atom. The number of hydrogen-bond donors (Lipinski definition) is 1. The molecule has 1 aromatic carbocycles. The lowest BCUT2D eigenvalue weighted by Gasteiger charge is -2.04. The molecule has 0 heterocycles. The molecule has 2 heteroatoms. The summed E-state index contributed by atoms with van der Waals surface area (Å²) in [6.07, 6.45) is 4.86. The maximum absolute atomic E-state index is 11.5. The molecule has 1 saturated carbocycles. The zero-order valence-electron chi connectivity index (χ0n) is 9.83. The van der Waals surface area contributed by atoms with Crippen LogP contribution in [0.3, 0.4) is 0 Å². The first kappa shape index (κ1) is 11.2. The van der Waals surface area contributed by atoms with Crippen molar-refractivity contribution in [3.8, 4) is 0 Å². The first-order chi connectivity index (χ1) is 7.78. The van der Waals surface area contributed by atoms with E-state index in [1.807, 2.05) is 0 Å². The SMILES string of the molecule is CCc1ccc(CCC(=O)NC2CC2)cc1. The third-order valence-corrected chi connectivity index (χ3v) is 3.01. The van der Waals surface area contributed by atoms with Crippen molar-refractivity contribution in [2.45, 2.75) is 45.1 Å². The van der Waals surface area contributed by atoms with Gasteiger partial charge in [-0.3, -0.25) is 4.79 Å². The second-order valence-corrected chi connectivity index (χ2v) is 4.51. The maximum Gasteiger partial charge on any atom is 0.220 e. The van der Waals surface area contributed by atoms with E-state index < -0.39 is 0 Å². The molecule has 16 heavy (non-hydrogen) atoms. The number of carbonyl (C=O) groups is 1. The lowest BCUT2D eigenvalue weighted by Crippen LogP contribution is -2.25. The third-order valence-electron chi connectivity index (χ3n) is 3.01. The Bertz CT molecular complexity index is 352. The number of amides is 1. The Kier molecular flexibility index (Phi) is 3.60. The lowest BCUT2D eigenvalue weighted by molar-refractivity contribution is -0.121. The Hall–Kier alpha value is -1.31. The fraction of sp³-hybridized carbons (Fsp3) is 0.500. The summed E-state index contributed by atoms with van der Waals surface area (Å²) < 4.78 is 0. The second-order valence-electron chi connectivity index (χ2n) is 4.51. The molecular formula is C14H19NO. The number of benzene rings is 1. The van der Waals surface area contributed by atoms with E-state index >= 15 is 0 Å². The van der Waals surface area contributed by atoms with Gasteiger partial charge in [0.15, 0.2) is 0 Å². The molecule has 86 valence electrons. The minimum absolute atomic E-state index is 0.196. The molecule has 0 aromatic heterocycles. The van der Waals surface area contributed by atoms with Crippen molar-refractivity contribution in [3.63, 3.8) is 0 Å². The zero-order valence-corrected chi connectivity index (χ0v) is 9.83. The van der Waals surface area contributed by atoms with Gasteiger partial charge in [0.1, 0.15) is 0 Å². The molecule has 1 aliphatic carbocycles. The summed E-state index contributed by atoms with van der Waals surface area (Å²) in [5.74, 6) is 0.196. The van der Waals surface area contributed by atoms with Crippen molar-refractivity contribution in [3.05, 3.63) is 35.4 Å². The topological polar surface area (TPSA) is 29.1 Å². The van der Waals surface area contributed by atoms with Crippen LogP contribution < -0.4 is 5.32 Å². The van der Waals surface area contributed by atoms with Gasteiger partial charge in [0.05, 0.1) is 0 Å². The maximum atomic E-state index is 11.5. The molecule has 1 fully saturated rings. The molecule has 0 aliphatic heterocycles. The van der Waals surface area contributed by atoms with Crippen molar-refractivity contribution in [1.82, 2.24) is 5.32 Å². The van der Waals surface area contributed by atoms with Crippen molar-refractivity contribution in [2.75, 3.05) is 0 Å². The van der Waals surface area contributed by atoms with Crippen LogP contribution in [-0.4, -0.2) is 11.9 Å². The highest BCUT2D eigenvalue weighted by atomic mass is 16.1. The van der Waals surface area contributed by atoms with Crippen LogP contribution in [0.5, 0.6) is 0 Å². The van der Waals surface area contributed by atoms with Gasteiger partial charge in [-0.25, -0.2) is 0 Å². The Balaban J connectivity index is 1.76. The van der Waals surface area contributed by atoms with Gasteiger partial charge in [-0.2, -0.15) is 0 Å². The van der Waals surface area contributed by atoms with Gasteiger partial charge in [0.25, 0.3) is 0 Å². The molecule has 1 amide bonds. The predicted molar refractivity (Wildman–Crippen MR) is 65.3 cm³/mol. The van der Waals surface area contributed by atoms with Crippen molar-refractivity contribution in [2.24, 2.45) is 0 Å². The first-order valence-corrected chi connectivity index (χ1v) is 6.15. The molecule has 1 N–H and O–H groups in total. The normalized spacial score (nSPS) is 14.8. The Morgan fingerprint density at radius 1 is 1.25 bits per heavy atom. The van der Waals surface area contributed by atoms with Crippen LogP contribution in [0.15, 0.2) is 24.3 Å². The quantitative estimate of drug-likeness (QED) is 0.806. The summed E-state index contributed by atoms with van der Waals surface area (Å²) in [5, 5.41) is 3.01. The number of nitrogens with one attached hydrogen (secondary N) is 1. The lowest BCUT2D eigenvalue weighted by atomic mass is 10.1. The Labute approximate surface area is 97.1 Å². The van der Waals surface area contributed by atoms with Crippen LogP contribution in [0.25, 0.3) is 0 Å². The van der Waals surface area contributed by atoms with Gasteiger partial charge in [0.2, 0.25) is 5.91 Å². The van der Waals surface area contributed by atoms with E-state index in [4.69, 9.17) is 0 Å². The minimum Gasteiger partial charge on any atom is -0.353 e. The first-order valence-electron chi connectivity index (χ1n) is 6.15. The molecule has 0 unspecified atom stereocenters. The van der Waals surface area contributed by atoms with Crippen molar-refractivity contribution in [1.29, 1.82) is 0 Å². The third kappa shape index (κ3) is 3.37. The van der Waals surface area contributed by atoms with E-state index in [-0.39, 0.29) is 5.91 Å². The van der Waals surface area contributed by atoms with Crippen molar-refractivity contribution >= 4 is 5.91 Å². The number of carbonyl (C=O) groups excluding carboxylic acids is 1. The second kappa shape index (κ2) is 5.15. The smallest absolute Gasteiger partial charge is 0.220 e. The van der Waals surface area contributed by atoms with Gasteiger partial charge in [-0.15, -0.1) is 0 Å². The summed E-state index contributed by atoms with van der Waals surface area (Å²) in [6.45, 7) is 2.15. The molecule has 0 bridgehead atoms. The van der Waals surface area contributed by atoms with Crippen molar-refractivity contribution < 1.29 is 4.79 Å². The predicted octanol–water partition coefficient (Wildman–Crippen LogP) is 2.46. The molecule has 2 rings (SSSR count). The fourth-order valence-electron chi connectivity index (χ4n) is 1.73. The van der Waals surface area contributed by atoms with Crippen LogP contribution in [-0.2, 0) is 17.6 Å². The molecule has 1 aliphatic rings. The molecule has 0 radical (unpaired) electrons. The van der Waals surface area contributed by atoms with Crippen LogP contribution in [0, 0.1) is 0 Å². The monoisotopic (exact) mass is 217 g/mol. The number of aryl methyl sites for hydroxylation is 2. The van der Waals surface area contributed by atoms with Gasteiger partial charge >= 0.3 is 0 Å². The molecule has 0 saturated heterocycles. The van der Waals surface area contributed by atoms with E-state index in [1.54, 1.807) is 0 Å². The molecule has 2 nitrogen and oxygen atoms in total. The molecule has 0 spiro atoms. The van der Waals surface area contributed by atoms with Gasteiger partial charge in [-0.1, -0.05) is 31.2 Å². The molecular weight excluding hydrogens is 198 g/mol. The van der Waals surface area contributed by atoms with Crippen LogP contribution in [0.4, 0.5) is 0 Å². The van der Waals surface area contributed by atoms with Gasteiger partial charge < -0.3 is 5.32 Å². The van der Waals surface area contributed by atoms with Gasteiger partial charge in [-0.05, 0) is 36.8 Å². The summed E-state index contributed by atoms with van der Waals surface area (Å²) in [5.41, 5.74) is 2.61. The van der Waals surface area contributed by atoms with E-state index in [2.05, 4.69) is 36.5 Å². The average molecular weight is 217 g/mol. The zero-order chi connectivity index (χ0) is 11.4. The molecule has 0 atom stereocenters. The summed E-state index contributed by atoms with van der Waals surface area (Å²) in [4.78, 5) is 11.5. The van der Waals surface area contributed by atoms with E-state index in [9.17, 15) is 4.79 Å². The van der Waals surface area contributed by atoms with Crippen LogP contribution in [0.2, 0.25) is 0 Å². The van der Waals surface area contributed by atoms with E-state index in [1.165, 1.54) is 11.1 Å². The van der Waals surface area contributed by atoms with E-state index in [0.717, 1.165) is 25.7 Å². The fourth-order valence-corrected chi connectivity index (χ4v) is 1.73. The van der Waals surface area contributed by atoms with Crippen LogP contribution >= 0.6 is 0 Å². The number of rotatable bonds is 5. The highest BCUT2D eigenvalue weighted by Crippen LogP contribution is 2.18. The summed E-state index contributed by atoms with van der Waals surface area (Å²) >= 11 is 0. The molecule has 1 aromatic rings. The average Bonchev–Trinajstić information content (AvgIpc) is 3.11. The summed E-state index contributed by atoms with van der Waals surface area (Å²) in [6, 6.07) is 9.03. The Morgan fingerprint density at radius 2 is 1.88 bits per heavy atom. The van der Waals surface area contributed by atoms with Gasteiger partial charge in [0, 0.05) is 12.5 Å². The summed E-state index contributed by atoms with van der Waals surface area (Å²) in [7, 11) is 0. The highest BCUT2D eigenvalue weighted by Gasteiger charge is 2.22. The van der Waals surface area contributed by atoms with Crippen LogP contribution in [0.1, 0.15) is 37.3 Å². The van der Waals surface area contributed by atoms with E-state index in [0.29, 0.717) is 12.5 Å². The minimum atomic E-state index is 0.196. The standard InChI is InChI=1S/C14H19NO/c1-2-11-3-5-12(6-4-11)7-10-14(16)15-13-8-9-13/h3-6,13H,2,7-10H2,1H3,(H,15,16). The largest absolute Gasteiger partial charge is 0.353 e. The number of hydrogen-bond acceptors (Lipinski definition) is 1.